The Morgan fingerprint density at radius 2 is 1.85 bits per heavy atom. The van der Waals surface area contributed by atoms with Crippen LogP contribution in [-0.2, 0) is 11.3 Å². The van der Waals surface area contributed by atoms with Gasteiger partial charge in [0.2, 0.25) is 0 Å². The van der Waals surface area contributed by atoms with Crippen LogP contribution in [0.1, 0.15) is 12.0 Å². The van der Waals surface area contributed by atoms with E-state index < -0.39 is 0 Å². The van der Waals surface area contributed by atoms with E-state index in [0.717, 1.165) is 32.6 Å². The summed E-state index contributed by atoms with van der Waals surface area (Å²) >= 11 is 0. The van der Waals surface area contributed by atoms with Crippen LogP contribution in [0.4, 0.5) is 4.39 Å². The quantitative estimate of drug-likeness (QED) is 0.828. The van der Waals surface area contributed by atoms with Gasteiger partial charge in [0.25, 0.3) is 5.91 Å². The second-order valence-electron chi connectivity index (χ2n) is 7.11. The van der Waals surface area contributed by atoms with Gasteiger partial charge in [0, 0.05) is 32.2 Å². The summed E-state index contributed by atoms with van der Waals surface area (Å²) < 4.78 is 18.4. The van der Waals surface area contributed by atoms with Crippen LogP contribution in [0.25, 0.3) is 0 Å². The van der Waals surface area contributed by atoms with E-state index in [0.29, 0.717) is 17.7 Å². The molecule has 2 heterocycles. The molecule has 26 heavy (non-hydrogen) atoms. The van der Waals surface area contributed by atoms with Crippen molar-refractivity contribution in [3.05, 3.63) is 66.0 Å². The summed E-state index contributed by atoms with van der Waals surface area (Å²) in [6.45, 7) is 3.63. The van der Waals surface area contributed by atoms with Crippen LogP contribution in [0.5, 0.6) is 5.75 Å². The van der Waals surface area contributed by atoms with Gasteiger partial charge in [-0.2, -0.15) is 0 Å². The lowest BCUT2D eigenvalue weighted by molar-refractivity contribution is -0.140. The zero-order chi connectivity index (χ0) is 17.9. The Morgan fingerprint density at radius 3 is 2.62 bits per heavy atom. The molecule has 0 aliphatic carbocycles. The third-order valence-electron chi connectivity index (χ3n) is 5.42. The van der Waals surface area contributed by atoms with E-state index in [-0.39, 0.29) is 18.3 Å². The van der Waals surface area contributed by atoms with E-state index in [1.807, 2.05) is 11.0 Å². The number of likely N-dealkylation sites (tertiary alicyclic amines) is 2. The molecule has 2 saturated heterocycles. The first-order valence-electron chi connectivity index (χ1n) is 9.13. The Hall–Kier alpha value is -2.40. The highest BCUT2D eigenvalue weighted by molar-refractivity contribution is 5.78. The molecule has 5 heteroatoms. The van der Waals surface area contributed by atoms with Crippen LogP contribution in [-0.4, -0.2) is 48.0 Å². The number of hydrogen-bond acceptors (Lipinski definition) is 3. The first-order chi connectivity index (χ1) is 12.7. The van der Waals surface area contributed by atoms with E-state index >= 15 is 0 Å². The van der Waals surface area contributed by atoms with Gasteiger partial charge in [-0.25, -0.2) is 4.39 Å². The van der Waals surface area contributed by atoms with Crippen LogP contribution in [0.2, 0.25) is 0 Å². The fraction of sp³-hybridized carbons (Fsp3) is 0.381. The molecule has 2 aromatic rings. The first kappa shape index (κ1) is 17.0. The fourth-order valence-electron chi connectivity index (χ4n) is 3.90. The molecule has 2 aliphatic heterocycles. The van der Waals surface area contributed by atoms with Crippen molar-refractivity contribution in [3.63, 3.8) is 0 Å². The molecule has 1 amide bonds. The van der Waals surface area contributed by atoms with E-state index in [1.165, 1.54) is 17.7 Å². The summed E-state index contributed by atoms with van der Waals surface area (Å²) in [6, 6.07) is 16.7. The van der Waals surface area contributed by atoms with Crippen molar-refractivity contribution in [2.45, 2.75) is 19.0 Å². The van der Waals surface area contributed by atoms with Crippen LogP contribution >= 0.6 is 0 Å². The maximum atomic E-state index is 12.9. The molecule has 0 bridgehead atoms. The predicted molar refractivity (Wildman–Crippen MR) is 97.2 cm³/mol. The Kier molecular flexibility index (Phi) is 4.89. The lowest BCUT2D eigenvalue weighted by Gasteiger charge is -2.53. The number of fused-ring (bicyclic) bond motifs is 1. The monoisotopic (exact) mass is 354 g/mol. The summed E-state index contributed by atoms with van der Waals surface area (Å²) in [5.41, 5.74) is 1.31. The molecular weight excluding hydrogens is 331 g/mol. The number of ether oxygens (including phenoxy) is 1. The number of benzene rings is 2. The van der Waals surface area contributed by atoms with Gasteiger partial charge in [-0.3, -0.25) is 9.69 Å². The summed E-state index contributed by atoms with van der Waals surface area (Å²) in [6.07, 6.45) is 1.05. The number of carbonyl (C=O) groups is 1. The van der Waals surface area contributed by atoms with E-state index in [4.69, 9.17) is 4.74 Å². The molecule has 0 saturated carbocycles. The second kappa shape index (κ2) is 7.46. The van der Waals surface area contributed by atoms with Crippen molar-refractivity contribution in [2.24, 2.45) is 5.92 Å². The Labute approximate surface area is 153 Å². The van der Waals surface area contributed by atoms with Crippen LogP contribution in [0.3, 0.4) is 0 Å². The molecule has 2 aliphatic rings. The molecule has 0 aromatic heterocycles. The molecule has 136 valence electrons. The number of carbonyl (C=O) groups excluding carboxylic acids is 1. The van der Waals surface area contributed by atoms with E-state index in [1.54, 1.807) is 12.1 Å². The third-order valence-corrected chi connectivity index (χ3v) is 5.42. The lowest BCUT2D eigenvalue weighted by atomic mass is 9.82. The maximum Gasteiger partial charge on any atom is 0.260 e. The smallest absolute Gasteiger partial charge is 0.260 e. The largest absolute Gasteiger partial charge is 0.484 e. The highest BCUT2D eigenvalue weighted by atomic mass is 19.1. The van der Waals surface area contributed by atoms with E-state index in [2.05, 4.69) is 29.2 Å². The highest BCUT2D eigenvalue weighted by Gasteiger charge is 2.43. The van der Waals surface area contributed by atoms with Gasteiger partial charge in [-0.1, -0.05) is 30.3 Å². The summed E-state index contributed by atoms with van der Waals surface area (Å²) in [5.74, 6) is 0.901. The maximum absolute atomic E-state index is 12.9. The van der Waals surface area contributed by atoms with Crippen molar-refractivity contribution in [1.29, 1.82) is 0 Å². The van der Waals surface area contributed by atoms with Gasteiger partial charge in [0.15, 0.2) is 6.61 Å². The molecule has 2 aromatic carbocycles. The van der Waals surface area contributed by atoms with Crippen LogP contribution in [0.15, 0.2) is 54.6 Å². The number of rotatable bonds is 5. The SMILES string of the molecule is O=C(COc1ccc(F)cc1)N1CC[C@@H]2CN(Cc3ccccc3)[C@@H]2C1. The Bertz CT molecular complexity index is 750. The lowest BCUT2D eigenvalue weighted by Crippen LogP contribution is -2.64. The summed E-state index contributed by atoms with van der Waals surface area (Å²) in [5, 5.41) is 0. The minimum atomic E-state index is -0.311. The van der Waals surface area contributed by atoms with Gasteiger partial charge in [0.1, 0.15) is 11.6 Å². The number of hydrogen-bond donors (Lipinski definition) is 0. The second-order valence-corrected chi connectivity index (χ2v) is 7.11. The van der Waals surface area contributed by atoms with Crippen molar-refractivity contribution >= 4 is 5.91 Å². The van der Waals surface area contributed by atoms with Gasteiger partial charge >= 0.3 is 0 Å². The zero-order valence-corrected chi connectivity index (χ0v) is 14.7. The third kappa shape index (κ3) is 3.73. The molecule has 2 atom stereocenters. The van der Waals surface area contributed by atoms with Gasteiger partial charge in [-0.15, -0.1) is 0 Å². The van der Waals surface area contributed by atoms with Crippen molar-refractivity contribution in [1.82, 2.24) is 9.80 Å². The topological polar surface area (TPSA) is 32.8 Å². The minimum Gasteiger partial charge on any atom is -0.484 e. The standard InChI is InChI=1S/C21H23FN2O2/c22-18-6-8-19(9-7-18)26-15-21(25)23-11-10-17-13-24(20(17)14-23)12-16-4-2-1-3-5-16/h1-9,17,20H,10-15H2/t17-,20-/m1/s1. The highest BCUT2D eigenvalue weighted by Crippen LogP contribution is 2.33. The van der Waals surface area contributed by atoms with Gasteiger partial charge in [-0.05, 0) is 42.2 Å². The molecule has 0 spiro atoms. The van der Waals surface area contributed by atoms with Crippen molar-refractivity contribution in [3.8, 4) is 5.75 Å². The molecule has 0 radical (unpaired) electrons. The van der Waals surface area contributed by atoms with Gasteiger partial charge in [0.05, 0.1) is 0 Å². The summed E-state index contributed by atoms with van der Waals surface area (Å²) in [4.78, 5) is 16.9. The number of halogens is 1. The molecular formula is C21H23FN2O2. The Morgan fingerprint density at radius 1 is 1.08 bits per heavy atom. The Balaban J connectivity index is 1.29. The minimum absolute atomic E-state index is 0.000615. The van der Waals surface area contributed by atoms with Crippen molar-refractivity contribution < 1.29 is 13.9 Å². The van der Waals surface area contributed by atoms with Crippen LogP contribution < -0.4 is 4.74 Å². The number of amides is 1. The molecule has 0 unspecified atom stereocenters. The molecule has 0 N–H and O–H groups in total. The molecule has 4 rings (SSSR count). The van der Waals surface area contributed by atoms with Crippen molar-refractivity contribution in [2.75, 3.05) is 26.2 Å². The summed E-state index contributed by atoms with van der Waals surface area (Å²) in [7, 11) is 0. The average Bonchev–Trinajstić information content (AvgIpc) is 2.66. The molecule has 2 fully saturated rings. The zero-order valence-electron chi connectivity index (χ0n) is 14.7. The molecule has 4 nitrogen and oxygen atoms in total. The predicted octanol–water partition coefficient (Wildman–Crippen LogP) is 2.94. The van der Waals surface area contributed by atoms with Crippen LogP contribution in [0, 0.1) is 11.7 Å². The first-order valence-corrected chi connectivity index (χ1v) is 9.13. The fourth-order valence-corrected chi connectivity index (χ4v) is 3.90. The van der Waals surface area contributed by atoms with Gasteiger partial charge < -0.3 is 9.64 Å². The number of piperidine rings is 1. The number of nitrogens with zero attached hydrogens (tertiary/aromatic N) is 2. The normalized spacial score (nSPS) is 22.4. The van der Waals surface area contributed by atoms with E-state index in [9.17, 15) is 9.18 Å². The average molecular weight is 354 g/mol.